The average molecular weight is 267 g/mol. The molecule has 1 atom stereocenters. The summed E-state index contributed by atoms with van der Waals surface area (Å²) in [6.45, 7) is 2.13. The highest BCUT2D eigenvalue weighted by atomic mass is 15.2. The van der Waals surface area contributed by atoms with Crippen LogP contribution >= 0.6 is 0 Å². The minimum atomic E-state index is -0.785. The zero-order valence-corrected chi connectivity index (χ0v) is 11.5. The Kier molecular flexibility index (Phi) is 3.28. The summed E-state index contributed by atoms with van der Waals surface area (Å²) in [6, 6.07) is 9.85. The SMILES string of the molecule is CCCCC1(N)N=CN=C2N=C(c3ccccc3)N=C21. The van der Waals surface area contributed by atoms with Gasteiger partial charge in [-0.2, -0.15) is 0 Å². The summed E-state index contributed by atoms with van der Waals surface area (Å²) >= 11 is 0. The molecule has 2 aliphatic rings. The third-order valence-electron chi connectivity index (χ3n) is 3.46. The Hall–Kier alpha value is -2.14. The van der Waals surface area contributed by atoms with Crippen LogP contribution in [-0.2, 0) is 0 Å². The van der Waals surface area contributed by atoms with Gasteiger partial charge in [0.25, 0.3) is 0 Å². The number of aliphatic imine (C=N–C) groups is 4. The van der Waals surface area contributed by atoms with Gasteiger partial charge in [0.1, 0.15) is 12.1 Å². The summed E-state index contributed by atoms with van der Waals surface area (Å²) in [6.07, 6.45) is 4.33. The van der Waals surface area contributed by atoms with E-state index in [4.69, 9.17) is 5.73 Å². The Labute approximate surface area is 118 Å². The summed E-state index contributed by atoms with van der Waals surface area (Å²) in [5.74, 6) is 1.26. The maximum absolute atomic E-state index is 6.39. The second kappa shape index (κ2) is 5.09. The number of amidine groups is 2. The monoisotopic (exact) mass is 267 g/mol. The van der Waals surface area contributed by atoms with Crippen molar-refractivity contribution in [1.82, 2.24) is 0 Å². The first-order valence-electron chi connectivity index (χ1n) is 6.87. The molecule has 1 aromatic carbocycles. The molecular weight excluding hydrogens is 250 g/mol. The van der Waals surface area contributed by atoms with Gasteiger partial charge < -0.3 is 5.73 Å². The van der Waals surface area contributed by atoms with Crippen molar-refractivity contribution in [3.63, 3.8) is 0 Å². The van der Waals surface area contributed by atoms with Crippen LogP contribution in [0.2, 0.25) is 0 Å². The lowest BCUT2D eigenvalue weighted by Crippen LogP contribution is -2.50. The van der Waals surface area contributed by atoms with Crippen molar-refractivity contribution in [3.05, 3.63) is 35.9 Å². The molecule has 0 fully saturated rings. The Bertz CT molecular complexity index is 627. The van der Waals surface area contributed by atoms with Crippen molar-refractivity contribution in [2.45, 2.75) is 31.8 Å². The first-order valence-corrected chi connectivity index (χ1v) is 6.87. The molecule has 0 aromatic heterocycles. The van der Waals surface area contributed by atoms with Crippen LogP contribution in [0.1, 0.15) is 31.7 Å². The molecule has 102 valence electrons. The van der Waals surface area contributed by atoms with E-state index in [1.54, 1.807) is 0 Å². The third kappa shape index (κ3) is 2.20. The number of nitrogens with zero attached hydrogens (tertiary/aromatic N) is 4. The minimum Gasteiger partial charge on any atom is -0.302 e. The number of nitrogens with two attached hydrogens (primary N) is 1. The highest BCUT2D eigenvalue weighted by Crippen LogP contribution is 2.23. The molecule has 0 saturated carbocycles. The van der Waals surface area contributed by atoms with E-state index in [0.717, 1.165) is 24.8 Å². The molecule has 5 nitrogen and oxygen atoms in total. The van der Waals surface area contributed by atoms with Crippen molar-refractivity contribution in [2.75, 3.05) is 0 Å². The standard InChI is InChI=1S/C15H17N5/c1-2-3-9-15(16)12-14(17-10-18-15)20-13(19-12)11-7-5-4-6-8-11/h4-8,10H,2-3,9,16H2,1H3. The van der Waals surface area contributed by atoms with Crippen molar-refractivity contribution in [1.29, 1.82) is 0 Å². The lowest BCUT2D eigenvalue weighted by atomic mass is 9.97. The highest BCUT2D eigenvalue weighted by molar-refractivity contribution is 6.52. The van der Waals surface area contributed by atoms with Crippen molar-refractivity contribution >= 4 is 23.7 Å². The molecule has 0 saturated heterocycles. The van der Waals surface area contributed by atoms with E-state index < -0.39 is 5.66 Å². The molecular formula is C15H17N5. The van der Waals surface area contributed by atoms with Gasteiger partial charge in [-0.1, -0.05) is 43.7 Å². The van der Waals surface area contributed by atoms with Gasteiger partial charge in [0.05, 0.1) is 0 Å². The molecule has 5 heteroatoms. The Balaban J connectivity index is 1.94. The van der Waals surface area contributed by atoms with E-state index in [9.17, 15) is 0 Å². The molecule has 0 amide bonds. The zero-order valence-electron chi connectivity index (χ0n) is 11.5. The lowest BCUT2D eigenvalue weighted by Gasteiger charge is -2.26. The summed E-state index contributed by atoms with van der Waals surface area (Å²) < 4.78 is 0. The fraction of sp³-hybridized carbons (Fsp3) is 0.333. The van der Waals surface area contributed by atoms with Crippen LogP contribution in [0.4, 0.5) is 0 Å². The molecule has 1 aromatic rings. The number of hydrogen-bond donors (Lipinski definition) is 1. The largest absolute Gasteiger partial charge is 0.302 e. The van der Waals surface area contributed by atoms with E-state index >= 15 is 0 Å². The quantitative estimate of drug-likeness (QED) is 0.891. The van der Waals surface area contributed by atoms with Gasteiger partial charge in [0, 0.05) is 5.56 Å². The van der Waals surface area contributed by atoms with Crippen LogP contribution < -0.4 is 5.73 Å². The normalized spacial score (nSPS) is 24.0. The van der Waals surface area contributed by atoms with E-state index in [0.29, 0.717) is 17.4 Å². The summed E-state index contributed by atoms with van der Waals surface area (Å²) in [5, 5.41) is 0. The van der Waals surface area contributed by atoms with Gasteiger partial charge in [0.15, 0.2) is 17.3 Å². The number of rotatable bonds is 4. The second-order valence-corrected chi connectivity index (χ2v) is 4.99. The Morgan fingerprint density at radius 3 is 2.65 bits per heavy atom. The minimum absolute atomic E-state index is 0.595. The fourth-order valence-corrected chi connectivity index (χ4v) is 2.31. The van der Waals surface area contributed by atoms with Crippen LogP contribution in [0, 0.1) is 0 Å². The molecule has 20 heavy (non-hydrogen) atoms. The first kappa shape index (κ1) is 12.9. The first-order chi connectivity index (χ1) is 9.73. The molecule has 2 heterocycles. The summed E-state index contributed by atoms with van der Waals surface area (Å²) in [5.41, 5.74) is 7.26. The van der Waals surface area contributed by atoms with Crippen molar-refractivity contribution < 1.29 is 0 Å². The number of fused-ring (bicyclic) bond motifs is 1. The molecule has 3 rings (SSSR count). The Morgan fingerprint density at radius 2 is 1.90 bits per heavy atom. The van der Waals surface area contributed by atoms with Crippen LogP contribution in [0.15, 0.2) is 50.3 Å². The van der Waals surface area contributed by atoms with Crippen LogP contribution in [-0.4, -0.2) is 29.4 Å². The van der Waals surface area contributed by atoms with Crippen LogP contribution in [0.25, 0.3) is 0 Å². The van der Waals surface area contributed by atoms with E-state index in [-0.39, 0.29) is 0 Å². The average Bonchev–Trinajstić information content (AvgIpc) is 2.92. The molecule has 1 unspecified atom stereocenters. The number of unbranched alkanes of at least 4 members (excludes halogenated alkanes) is 1. The molecule has 2 aliphatic heterocycles. The van der Waals surface area contributed by atoms with Gasteiger partial charge in [-0.3, -0.25) is 0 Å². The van der Waals surface area contributed by atoms with Crippen molar-refractivity contribution in [2.24, 2.45) is 25.7 Å². The predicted molar refractivity (Wildman–Crippen MR) is 82.8 cm³/mol. The lowest BCUT2D eigenvalue weighted by molar-refractivity contribution is 0.519. The van der Waals surface area contributed by atoms with Gasteiger partial charge in [0.2, 0.25) is 0 Å². The molecule has 2 N–H and O–H groups in total. The molecule has 0 bridgehead atoms. The van der Waals surface area contributed by atoms with Gasteiger partial charge >= 0.3 is 0 Å². The maximum atomic E-state index is 6.39. The highest BCUT2D eigenvalue weighted by Gasteiger charge is 2.38. The van der Waals surface area contributed by atoms with Gasteiger partial charge in [-0.05, 0) is 12.8 Å². The van der Waals surface area contributed by atoms with Crippen LogP contribution in [0.3, 0.4) is 0 Å². The smallest absolute Gasteiger partial charge is 0.181 e. The fourth-order valence-electron chi connectivity index (χ4n) is 2.31. The third-order valence-corrected chi connectivity index (χ3v) is 3.46. The molecule has 0 radical (unpaired) electrons. The van der Waals surface area contributed by atoms with Crippen LogP contribution in [0.5, 0.6) is 0 Å². The van der Waals surface area contributed by atoms with E-state index in [1.807, 2.05) is 30.3 Å². The maximum Gasteiger partial charge on any atom is 0.181 e. The zero-order chi connectivity index (χ0) is 14.0. The predicted octanol–water partition coefficient (Wildman–Crippen LogP) is 2.17. The van der Waals surface area contributed by atoms with E-state index in [2.05, 4.69) is 26.9 Å². The number of hydrogen-bond acceptors (Lipinski definition) is 5. The van der Waals surface area contributed by atoms with Crippen molar-refractivity contribution in [3.8, 4) is 0 Å². The number of benzene rings is 1. The van der Waals surface area contributed by atoms with E-state index in [1.165, 1.54) is 6.34 Å². The van der Waals surface area contributed by atoms with Gasteiger partial charge in [-0.25, -0.2) is 20.0 Å². The van der Waals surface area contributed by atoms with Gasteiger partial charge in [-0.15, -0.1) is 0 Å². The molecule has 0 spiro atoms. The second-order valence-electron chi connectivity index (χ2n) is 4.99. The molecule has 0 aliphatic carbocycles. The topological polar surface area (TPSA) is 75.5 Å². The summed E-state index contributed by atoms with van der Waals surface area (Å²) in [4.78, 5) is 17.6. The Morgan fingerprint density at radius 1 is 1.10 bits per heavy atom. The summed E-state index contributed by atoms with van der Waals surface area (Å²) in [7, 11) is 0.